The van der Waals surface area contributed by atoms with Gasteiger partial charge in [-0.15, -0.1) is 0 Å². The lowest BCUT2D eigenvalue weighted by Crippen LogP contribution is -2.37. The van der Waals surface area contributed by atoms with Crippen molar-refractivity contribution in [1.29, 1.82) is 0 Å². The van der Waals surface area contributed by atoms with E-state index < -0.39 is 0 Å². The summed E-state index contributed by atoms with van der Waals surface area (Å²) in [7, 11) is 1.79. The number of carbonyl (C=O) groups excluding carboxylic acids is 1. The average Bonchev–Trinajstić information content (AvgIpc) is 2.40. The standard InChI is InChI=1S/C13H18N2O2/c1-14-10-13(16)11-4-2-3-5-12(11)15-6-8-17-9-7-15/h2-5,14H,6-10H2,1H3. The fraction of sp³-hybridized carbons (Fsp3) is 0.462. The molecule has 4 nitrogen and oxygen atoms in total. The van der Waals surface area contributed by atoms with E-state index >= 15 is 0 Å². The molecule has 1 heterocycles. The average molecular weight is 234 g/mol. The highest BCUT2D eigenvalue weighted by Crippen LogP contribution is 2.21. The summed E-state index contributed by atoms with van der Waals surface area (Å²) in [5, 5.41) is 2.90. The molecule has 2 rings (SSSR count). The number of nitrogens with zero attached hydrogens (tertiary/aromatic N) is 1. The van der Waals surface area contributed by atoms with Crippen molar-refractivity contribution in [3.63, 3.8) is 0 Å². The first-order valence-electron chi connectivity index (χ1n) is 5.92. The van der Waals surface area contributed by atoms with E-state index in [2.05, 4.69) is 10.2 Å². The smallest absolute Gasteiger partial charge is 0.178 e. The molecule has 1 aliphatic heterocycles. The summed E-state index contributed by atoms with van der Waals surface area (Å²) in [5.74, 6) is 0.134. The lowest BCUT2D eigenvalue weighted by molar-refractivity contribution is 0.0992. The number of hydrogen-bond acceptors (Lipinski definition) is 4. The van der Waals surface area contributed by atoms with Crippen molar-refractivity contribution < 1.29 is 9.53 Å². The highest BCUT2D eigenvalue weighted by atomic mass is 16.5. The molecule has 1 aromatic rings. The molecular weight excluding hydrogens is 216 g/mol. The second-order valence-electron chi connectivity index (χ2n) is 4.07. The van der Waals surface area contributed by atoms with Crippen molar-refractivity contribution in [2.24, 2.45) is 0 Å². The van der Waals surface area contributed by atoms with Gasteiger partial charge in [-0.25, -0.2) is 0 Å². The Balaban J connectivity index is 2.23. The van der Waals surface area contributed by atoms with Gasteiger partial charge in [0, 0.05) is 24.3 Å². The van der Waals surface area contributed by atoms with Crippen LogP contribution in [0, 0.1) is 0 Å². The van der Waals surface area contributed by atoms with Crippen LogP contribution in [0.2, 0.25) is 0 Å². The van der Waals surface area contributed by atoms with E-state index in [4.69, 9.17) is 4.74 Å². The zero-order valence-electron chi connectivity index (χ0n) is 10.1. The number of morpholine rings is 1. The number of ketones is 1. The van der Waals surface area contributed by atoms with Crippen LogP contribution in [-0.2, 0) is 4.74 Å². The number of para-hydroxylation sites is 1. The van der Waals surface area contributed by atoms with Gasteiger partial charge in [-0.1, -0.05) is 12.1 Å². The molecule has 0 atom stereocenters. The minimum atomic E-state index is 0.134. The third-order valence-corrected chi connectivity index (χ3v) is 2.89. The van der Waals surface area contributed by atoms with Crippen LogP contribution >= 0.6 is 0 Å². The van der Waals surface area contributed by atoms with Crippen molar-refractivity contribution in [1.82, 2.24) is 5.32 Å². The van der Waals surface area contributed by atoms with Crippen LogP contribution in [0.25, 0.3) is 0 Å². The number of hydrogen-bond donors (Lipinski definition) is 1. The molecule has 92 valence electrons. The third kappa shape index (κ3) is 2.84. The lowest BCUT2D eigenvalue weighted by Gasteiger charge is -2.30. The van der Waals surface area contributed by atoms with E-state index in [0.29, 0.717) is 6.54 Å². The molecule has 0 unspecified atom stereocenters. The molecule has 0 spiro atoms. The van der Waals surface area contributed by atoms with E-state index in [-0.39, 0.29) is 5.78 Å². The normalized spacial score (nSPS) is 15.9. The fourth-order valence-corrected chi connectivity index (χ4v) is 2.05. The zero-order valence-corrected chi connectivity index (χ0v) is 10.1. The molecule has 1 fully saturated rings. The second-order valence-corrected chi connectivity index (χ2v) is 4.07. The molecular formula is C13H18N2O2. The molecule has 1 saturated heterocycles. The number of anilines is 1. The summed E-state index contributed by atoms with van der Waals surface area (Å²) in [5.41, 5.74) is 1.82. The Kier molecular flexibility index (Phi) is 4.12. The molecule has 1 aliphatic rings. The van der Waals surface area contributed by atoms with Crippen molar-refractivity contribution in [2.75, 3.05) is 44.8 Å². The van der Waals surface area contributed by atoms with Crippen molar-refractivity contribution >= 4 is 11.5 Å². The number of Topliss-reactive ketones (excluding diaryl/α,β-unsaturated/α-hetero) is 1. The van der Waals surface area contributed by atoms with Crippen LogP contribution in [-0.4, -0.2) is 45.7 Å². The van der Waals surface area contributed by atoms with Crippen LogP contribution < -0.4 is 10.2 Å². The molecule has 17 heavy (non-hydrogen) atoms. The summed E-state index contributed by atoms with van der Waals surface area (Å²) < 4.78 is 5.33. The Labute approximate surface area is 102 Å². The molecule has 0 saturated carbocycles. The van der Waals surface area contributed by atoms with Gasteiger partial charge in [-0.05, 0) is 19.2 Å². The third-order valence-electron chi connectivity index (χ3n) is 2.89. The summed E-state index contributed by atoms with van der Waals surface area (Å²) in [6, 6.07) is 7.78. The molecule has 4 heteroatoms. The van der Waals surface area contributed by atoms with Gasteiger partial charge >= 0.3 is 0 Å². The Morgan fingerprint density at radius 2 is 2.06 bits per heavy atom. The van der Waals surface area contributed by atoms with Crippen molar-refractivity contribution in [3.05, 3.63) is 29.8 Å². The Bertz CT molecular complexity index is 387. The van der Waals surface area contributed by atoms with Gasteiger partial charge in [0.05, 0.1) is 19.8 Å². The maximum atomic E-state index is 12.0. The number of ether oxygens (including phenoxy) is 1. The van der Waals surface area contributed by atoms with Gasteiger partial charge in [0.15, 0.2) is 5.78 Å². The van der Waals surface area contributed by atoms with E-state index in [0.717, 1.165) is 37.6 Å². The minimum Gasteiger partial charge on any atom is -0.378 e. The first-order chi connectivity index (χ1) is 8.33. The van der Waals surface area contributed by atoms with Crippen molar-refractivity contribution in [3.8, 4) is 0 Å². The largest absolute Gasteiger partial charge is 0.378 e. The van der Waals surface area contributed by atoms with E-state index in [1.165, 1.54) is 0 Å². The number of likely N-dealkylation sites (N-methyl/N-ethyl adjacent to an activating group) is 1. The topological polar surface area (TPSA) is 41.6 Å². The Morgan fingerprint density at radius 3 is 2.76 bits per heavy atom. The molecule has 0 bridgehead atoms. The Morgan fingerprint density at radius 1 is 1.35 bits per heavy atom. The lowest BCUT2D eigenvalue weighted by atomic mass is 10.1. The highest BCUT2D eigenvalue weighted by Gasteiger charge is 2.17. The van der Waals surface area contributed by atoms with Crippen LogP contribution in [0.1, 0.15) is 10.4 Å². The predicted octanol–water partition coefficient (Wildman–Crippen LogP) is 0.925. The Hall–Kier alpha value is -1.39. The van der Waals surface area contributed by atoms with Crippen LogP contribution in [0.15, 0.2) is 24.3 Å². The minimum absolute atomic E-state index is 0.134. The fourth-order valence-electron chi connectivity index (χ4n) is 2.05. The molecule has 1 aromatic carbocycles. The maximum absolute atomic E-state index is 12.0. The van der Waals surface area contributed by atoms with Crippen LogP contribution in [0.5, 0.6) is 0 Å². The molecule has 1 N–H and O–H groups in total. The second kappa shape index (κ2) is 5.80. The number of nitrogens with one attached hydrogen (secondary N) is 1. The van der Waals surface area contributed by atoms with Gasteiger partial charge in [0.1, 0.15) is 0 Å². The monoisotopic (exact) mass is 234 g/mol. The summed E-state index contributed by atoms with van der Waals surface area (Å²) in [4.78, 5) is 14.2. The molecule has 0 radical (unpaired) electrons. The maximum Gasteiger partial charge on any atom is 0.178 e. The number of benzene rings is 1. The van der Waals surface area contributed by atoms with E-state index in [9.17, 15) is 4.79 Å². The first-order valence-corrected chi connectivity index (χ1v) is 5.92. The van der Waals surface area contributed by atoms with Crippen molar-refractivity contribution in [2.45, 2.75) is 0 Å². The van der Waals surface area contributed by atoms with Gasteiger partial charge in [0.2, 0.25) is 0 Å². The quantitative estimate of drug-likeness (QED) is 0.787. The number of carbonyl (C=O) groups is 1. The number of rotatable bonds is 4. The summed E-state index contributed by atoms with van der Waals surface area (Å²) >= 11 is 0. The molecule has 0 aliphatic carbocycles. The van der Waals surface area contributed by atoms with Gasteiger partial charge in [-0.2, -0.15) is 0 Å². The van der Waals surface area contributed by atoms with E-state index in [1.54, 1.807) is 7.05 Å². The SMILES string of the molecule is CNCC(=O)c1ccccc1N1CCOCC1. The summed E-state index contributed by atoms with van der Waals surface area (Å²) in [6.45, 7) is 3.54. The predicted molar refractivity (Wildman–Crippen MR) is 67.7 cm³/mol. The van der Waals surface area contributed by atoms with Crippen LogP contribution in [0.4, 0.5) is 5.69 Å². The van der Waals surface area contributed by atoms with E-state index in [1.807, 2.05) is 24.3 Å². The summed E-state index contributed by atoms with van der Waals surface area (Å²) in [6.07, 6.45) is 0. The highest BCUT2D eigenvalue weighted by molar-refractivity contribution is 6.02. The van der Waals surface area contributed by atoms with Crippen LogP contribution in [0.3, 0.4) is 0 Å². The first kappa shape index (κ1) is 12.1. The molecule has 0 amide bonds. The van der Waals surface area contributed by atoms with Gasteiger partial charge in [-0.3, -0.25) is 4.79 Å². The van der Waals surface area contributed by atoms with Gasteiger partial charge < -0.3 is 15.0 Å². The zero-order chi connectivity index (χ0) is 12.1. The van der Waals surface area contributed by atoms with Gasteiger partial charge in [0.25, 0.3) is 0 Å². The molecule has 0 aromatic heterocycles.